The monoisotopic (exact) mass is 313 g/mol. The molecule has 4 fully saturated rings. The highest BCUT2D eigenvalue weighted by Crippen LogP contribution is 2.61. The maximum Gasteiger partial charge on any atom is 0.127 e. The molecule has 1 unspecified atom stereocenters. The molecule has 0 aromatic carbocycles. The van der Waals surface area contributed by atoms with Gasteiger partial charge in [-0.3, -0.25) is 0 Å². The van der Waals surface area contributed by atoms with E-state index in [1.165, 1.54) is 44.5 Å². The highest BCUT2D eigenvalue weighted by molar-refractivity contribution is 5.54. The molecule has 126 valence electrons. The number of nitrogens with zero attached hydrogens (tertiary/aromatic N) is 2. The van der Waals surface area contributed by atoms with Crippen LogP contribution in [0, 0.1) is 29.1 Å². The Morgan fingerprint density at radius 3 is 2.87 bits per heavy atom. The molecule has 3 aliphatic carbocycles. The molecule has 1 aromatic heterocycles. The van der Waals surface area contributed by atoms with Crippen LogP contribution in [0.4, 0.5) is 11.5 Å². The Labute approximate surface area is 140 Å². The fourth-order valence-electron chi connectivity index (χ4n) is 5.32. The first-order chi connectivity index (χ1) is 11.0. The van der Waals surface area contributed by atoms with Gasteiger partial charge in [-0.25, -0.2) is 4.98 Å². The second-order valence-electron chi connectivity index (χ2n) is 8.82. The summed E-state index contributed by atoms with van der Waals surface area (Å²) in [5.41, 5.74) is 1.91. The quantitative estimate of drug-likeness (QED) is 0.892. The van der Waals surface area contributed by atoms with Crippen LogP contribution in [0.15, 0.2) is 18.3 Å². The number of aromatic nitrogens is 1. The summed E-state index contributed by atoms with van der Waals surface area (Å²) in [5.74, 6) is 4.60. The van der Waals surface area contributed by atoms with Gasteiger partial charge in [0.15, 0.2) is 0 Å². The van der Waals surface area contributed by atoms with Crippen molar-refractivity contribution in [3.63, 3.8) is 0 Å². The van der Waals surface area contributed by atoms with E-state index in [0.717, 1.165) is 36.0 Å². The SMILES string of the molecule is CC1CCN(c2ccnc(NC[C@H]3CC[C@H]4C[C@@H]3C4(C)C)c2)C1. The first kappa shape index (κ1) is 15.3. The van der Waals surface area contributed by atoms with Crippen LogP contribution < -0.4 is 10.2 Å². The number of pyridine rings is 1. The molecular weight excluding hydrogens is 282 g/mol. The number of anilines is 2. The Balaban J connectivity index is 1.38. The lowest BCUT2D eigenvalue weighted by Crippen LogP contribution is -2.53. The summed E-state index contributed by atoms with van der Waals surface area (Å²) >= 11 is 0. The lowest BCUT2D eigenvalue weighted by atomic mass is 9.45. The zero-order valence-corrected chi connectivity index (χ0v) is 14.9. The van der Waals surface area contributed by atoms with Gasteiger partial charge in [0.25, 0.3) is 0 Å². The van der Waals surface area contributed by atoms with E-state index in [1.54, 1.807) is 0 Å². The standard InChI is InChI=1S/C20H31N3/c1-14-7-9-23(13-14)17-6-8-21-19(11-17)22-12-15-4-5-16-10-18(15)20(16,2)3/h6,8,11,14-16,18H,4-5,7,9-10,12-13H2,1-3H3,(H,21,22)/t14?,15-,16+,18+/m1/s1. The molecule has 3 nitrogen and oxygen atoms in total. The fraction of sp³-hybridized carbons (Fsp3) is 0.750. The van der Waals surface area contributed by atoms with Gasteiger partial charge < -0.3 is 10.2 Å². The predicted molar refractivity (Wildman–Crippen MR) is 96.8 cm³/mol. The number of hydrogen-bond acceptors (Lipinski definition) is 3. The minimum absolute atomic E-state index is 0.575. The molecule has 3 saturated carbocycles. The van der Waals surface area contributed by atoms with Crippen molar-refractivity contribution in [3.05, 3.63) is 18.3 Å². The lowest BCUT2D eigenvalue weighted by molar-refractivity contribution is -0.100. The van der Waals surface area contributed by atoms with Crippen LogP contribution >= 0.6 is 0 Å². The Morgan fingerprint density at radius 1 is 1.30 bits per heavy atom. The zero-order chi connectivity index (χ0) is 16.0. The molecule has 3 heteroatoms. The Hall–Kier alpha value is -1.25. The number of fused-ring (bicyclic) bond motifs is 2. The van der Waals surface area contributed by atoms with Crippen molar-refractivity contribution in [2.45, 2.75) is 46.5 Å². The van der Waals surface area contributed by atoms with Gasteiger partial charge in [0, 0.05) is 37.6 Å². The Kier molecular flexibility index (Phi) is 3.78. The van der Waals surface area contributed by atoms with E-state index in [1.807, 2.05) is 6.20 Å². The first-order valence-electron chi connectivity index (χ1n) is 9.49. The maximum absolute atomic E-state index is 4.55. The van der Waals surface area contributed by atoms with Crippen molar-refractivity contribution < 1.29 is 0 Å². The highest BCUT2D eigenvalue weighted by atomic mass is 15.2. The van der Waals surface area contributed by atoms with E-state index in [4.69, 9.17) is 0 Å². The van der Waals surface area contributed by atoms with Gasteiger partial charge in [-0.05, 0) is 60.8 Å². The van der Waals surface area contributed by atoms with Crippen LogP contribution in [0.5, 0.6) is 0 Å². The van der Waals surface area contributed by atoms with Gasteiger partial charge in [-0.1, -0.05) is 20.8 Å². The van der Waals surface area contributed by atoms with Gasteiger partial charge in [-0.15, -0.1) is 0 Å². The minimum atomic E-state index is 0.575. The molecule has 1 aromatic rings. The molecule has 0 amide bonds. The summed E-state index contributed by atoms with van der Waals surface area (Å²) in [6.45, 7) is 10.8. The van der Waals surface area contributed by atoms with E-state index in [9.17, 15) is 0 Å². The van der Waals surface area contributed by atoms with Crippen molar-refractivity contribution in [2.75, 3.05) is 29.9 Å². The molecule has 0 spiro atoms. The van der Waals surface area contributed by atoms with Gasteiger partial charge in [0.05, 0.1) is 0 Å². The Morgan fingerprint density at radius 2 is 2.17 bits per heavy atom. The third kappa shape index (κ3) is 2.72. The van der Waals surface area contributed by atoms with E-state index < -0.39 is 0 Å². The molecule has 2 bridgehead atoms. The molecular formula is C20H31N3. The highest BCUT2D eigenvalue weighted by Gasteiger charge is 2.53. The molecule has 4 aliphatic rings. The predicted octanol–water partition coefficient (Wildman–Crippen LogP) is 4.41. The summed E-state index contributed by atoms with van der Waals surface area (Å²) in [6, 6.07) is 4.40. The van der Waals surface area contributed by atoms with Crippen LogP contribution in [0.2, 0.25) is 0 Å². The molecule has 0 radical (unpaired) electrons. The smallest absolute Gasteiger partial charge is 0.127 e. The topological polar surface area (TPSA) is 28.2 Å². The number of nitrogens with one attached hydrogen (secondary N) is 1. The van der Waals surface area contributed by atoms with Crippen LogP contribution in [-0.4, -0.2) is 24.6 Å². The van der Waals surface area contributed by atoms with Gasteiger partial charge in [0.1, 0.15) is 5.82 Å². The summed E-state index contributed by atoms with van der Waals surface area (Å²) in [7, 11) is 0. The minimum Gasteiger partial charge on any atom is -0.371 e. The van der Waals surface area contributed by atoms with Crippen molar-refractivity contribution in [2.24, 2.45) is 29.1 Å². The molecule has 5 rings (SSSR count). The van der Waals surface area contributed by atoms with Crippen molar-refractivity contribution in [3.8, 4) is 0 Å². The van der Waals surface area contributed by atoms with Crippen molar-refractivity contribution in [1.82, 2.24) is 4.98 Å². The molecule has 1 N–H and O–H groups in total. The fourth-order valence-corrected chi connectivity index (χ4v) is 5.32. The summed E-state index contributed by atoms with van der Waals surface area (Å²) in [4.78, 5) is 7.05. The van der Waals surface area contributed by atoms with Gasteiger partial charge >= 0.3 is 0 Å². The van der Waals surface area contributed by atoms with Crippen LogP contribution in [0.3, 0.4) is 0 Å². The summed E-state index contributed by atoms with van der Waals surface area (Å²) in [6.07, 6.45) is 7.55. The van der Waals surface area contributed by atoms with E-state index in [2.05, 4.69) is 48.1 Å². The van der Waals surface area contributed by atoms with E-state index in [0.29, 0.717) is 5.41 Å². The van der Waals surface area contributed by atoms with Crippen LogP contribution in [0.1, 0.15) is 46.5 Å². The van der Waals surface area contributed by atoms with Gasteiger partial charge in [-0.2, -0.15) is 0 Å². The zero-order valence-electron chi connectivity index (χ0n) is 14.9. The molecule has 2 heterocycles. The van der Waals surface area contributed by atoms with Gasteiger partial charge in [0.2, 0.25) is 0 Å². The molecule has 1 saturated heterocycles. The Bertz CT molecular complexity index is 566. The third-order valence-electron chi connectivity index (χ3n) is 7.08. The summed E-state index contributed by atoms with van der Waals surface area (Å²) in [5, 5.41) is 3.64. The van der Waals surface area contributed by atoms with Crippen LogP contribution in [-0.2, 0) is 0 Å². The third-order valence-corrected chi connectivity index (χ3v) is 7.08. The number of rotatable bonds is 4. The molecule has 1 aliphatic heterocycles. The summed E-state index contributed by atoms with van der Waals surface area (Å²) < 4.78 is 0. The van der Waals surface area contributed by atoms with E-state index in [-0.39, 0.29) is 0 Å². The lowest BCUT2D eigenvalue weighted by Gasteiger charge is -2.60. The van der Waals surface area contributed by atoms with Crippen molar-refractivity contribution in [1.29, 1.82) is 0 Å². The second-order valence-corrected chi connectivity index (χ2v) is 8.82. The average Bonchev–Trinajstić information content (AvgIpc) is 3.00. The average molecular weight is 313 g/mol. The van der Waals surface area contributed by atoms with E-state index >= 15 is 0 Å². The largest absolute Gasteiger partial charge is 0.371 e. The first-order valence-corrected chi connectivity index (χ1v) is 9.49. The van der Waals surface area contributed by atoms with Crippen LogP contribution in [0.25, 0.3) is 0 Å². The molecule has 23 heavy (non-hydrogen) atoms. The van der Waals surface area contributed by atoms with Crippen molar-refractivity contribution >= 4 is 11.5 Å². The number of hydrogen-bond donors (Lipinski definition) is 1. The maximum atomic E-state index is 4.55. The second kappa shape index (κ2) is 5.68. The normalized spacial score (nSPS) is 35.0. The molecule has 4 atom stereocenters.